The van der Waals surface area contributed by atoms with Crippen LogP contribution in [0.15, 0.2) is 23.8 Å². The maximum atomic E-state index is 12.3. The van der Waals surface area contributed by atoms with Crippen molar-refractivity contribution in [2.45, 2.75) is 65.7 Å². The maximum Gasteiger partial charge on any atom is 0.330 e. The van der Waals surface area contributed by atoms with Crippen molar-refractivity contribution in [2.75, 3.05) is 20.3 Å². The number of aldehydes is 1. The van der Waals surface area contributed by atoms with Crippen molar-refractivity contribution in [1.82, 2.24) is 0 Å². The molecule has 1 saturated carbocycles. The van der Waals surface area contributed by atoms with Crippen molar-refractivity contribution in [3.63, 3.8) is 0 Å². The van der Waals surface area contributed by atoms with Gasteiger partial charge >= 0.3 is 5.97 Å². The molecule has 0 N–H and O–H groups in total. The van der Waals surface area contributed by atoms with E-state index in [2.05, 4.69) is 30.7 Å². The van der Waals surface area contributed by atoms with Gasteiger partial charge in [0.25, 0.3) is 0 Å². The van der Waals surface area contributed by atoms with Crippen LogP contribution in [0.1, 0.15) is 65.7 Å². The number of unbranched alkanes of at least 4 members (excludes halogenated alkanes) is 1. The van der Waals surface area contributed by atoms with E-state index in [4.69, 9.17) is 4.74 Å². The number of Topliss-reactive ketones (excluding diaryl/α,β-unsaturated/α-hetero) is 1. The van der Waals surface area contributed by atoms with Crippen LogP contribution in [-0.2, 0) is 23.9 Å². The molecule has 0 aliphatic heterocycles. The van der Waals surface area contributed by atoms with Crippen molar-refractivity contribution < 1.29 is 23.9 Å². The van der Waals surface area contributed by atoms with Crippen LogP contribution in [0.4, 0.5) is 0 Å². The lowest BCUT2D eigenvalue weighted by Crippen LogP contribution is -2.18. The fraction of sp³-hybridized carbons (Fsp3) is 0.696. The van der Waals surface area contributed by atoms with Crippen LogP contribution in [0.25, 0.3) is 0 Å². The van der Waals surface area contributed by atoms with Crippen molar-refractivity contribution in [2.24, 2.45) is 17.3 Å². The molecule has 158 valence electrons. The minimum atomic E-state index is -0.509. The van der Waals surface area contributed by atoms with E-state index in [1.165, 1.54) is 13.2 Å². The molecule has 5 nitrogen and oxygen atoms in total. The Hall–Kier alpha value is -1.75. The molecule has 2 atom stereocenters. The van der Waals surface area contributed by atoms with Gasteiger partial charge in [0.05, 0.1) is 13.7 Å². The SMILES string of the molecule is CCOCC(C)(C)CC=C[C@H]1CCC(=O)[C@@H]1CCCCC(C=O)=CC(=O)OC. The molecule has 1 aliphatic rings. The molecule has 0 aromatic rings. The van der Waals surface area contributed by atoms with Crippen LogP contribution >= 0.6 is 0 Å². The van der Waals surface area contributed by atoms with Gasteiger partial charge in [-0.25, -0.2) is 4.79 Å². The van der Waals surface area contributed by atoms with Crippen LogP contribution in [0, 0.1) is 17.3 Å². The van der Waals surface area contributed by atoms with Crippen LogP contribution in [0.2, 0.25) is 0 Å². The minimum absolute atomic E-state index is 0.0792. The van der Waals surface area contributed by atoms with E-state index in [9.17, 15) is 14.4 Å². The van der Waals surface area contributed by atoms with E-state index in [-0.39, 0.29) is 11.3 Å². The molecule has 28 heavy (non-hydrogen) atoms. The Bertz CT molecular complexity index is 574. The molecule has 1 aliphatic carbocycles. The lowest BCUT2D eigenvalue weighted by Gasteiger charge is -2.22. The van der Waals surface area contributed by atoms with E-state index in [0.717, 1.165) is 45.3 Å². The van der Waals surface area contributed by atoms with Gasteiger partial charge in [-0.3, -0.25) is 9.59 Å². The second kappa shape index (κ2) is 12.7. The Labute approximate surface area is 169 Å². The predicted octanol–water partition coefficient (Wildman–Crippen LogP) is 4.45. The summed E-state index contributed by atoms with van der Waals surface area (Å²) in [6.45, 7) is 7.85. The molecule has 0 aromatic heterocycles. The summed E-state index contributed by atoms with van der Waals surface area (Å²) in [5, 5.41) is 0. The maximum absolute atomic E-state index is 12.3. The van der Waals surface area contributed by atoms with Crippen LogP contribution < -0.4 is 0 Å². The normalized spacial score (nSPS) is 20.7. The first-order valence-corrected chi connectivity index (χ1v) is 10.3. The van der Waals surface area contributed by atoms with Crippen LogP contribution in [0.5, 0.6) is 0 Å². The van der Waals surface area contributed by atoms with Crippen molar-refractivity contribution >= 4 is 18.0 Å². The molecule has 0 saturated heterocycles. The smallest absolute Gasteiger partial charge is 0.330 e. The van der Waals surface area contributed by atoms with Gasteiger partial charge < -0.3 is 9.47 Å². The molecular weight excluding hydrogens is 356 g/mol. The quantitative estimate of drug-likeness (QED) is 0.152. The summed E-state index contributed by atoms with van der Waals surface area (Å²) < 4.78 is 10.1. The molecule has 0 amide bonds. The number of ether oxygens (including phenoxy) is 2. The molecule has 0 bridgehead atoms. The molecular formula is C23H36O5. The summed E-state index contributed by atoms with van der Waals surface area (Å²) >= 11 is 0. The highest BCUT2D eigenvalue weighted by atomic mass is 16.5. The Kier molecular flexibility index (Phi) is 11.0. The van der Waals surface area contributed by atoms with E-state index >= 15 is 0 Å². The van der Waals surface area contributed by atoms with Gasteiger partial charge in [0.15, 0.2) is 0 Å². The number of carbonyl (C=O) groups excluding carboxylic acids is 3. The summed E-state index contributed by atoms with van der Waals surface area (Å²) in [4.78, 5) is 34.5. The fourth-order valence-corrected chi connectivity index (χ4v) is 3.61. The van der Waals surface area contributed by atoms with Gasteiger partial charge in [-0.1, -0.05) is 32.4 Å². The second-order valence-corrected chi connectivity index (χ2v) is 8.32. The van der Waals surface area contributed by atoms with Gasteiger partial charge in [-0.15, -0.1) is 0 Å². The molecule has 0 spiro atoms. The summed E-state index contributed by atoms with van der Waals surface area (Å²) in [7, 11) is 1.29. The average Bonchev–Trinajstić information content (AvgIpc) is 3.01. The van der Waals surface area contributed by atoms with Crippen molar-refractivity contribution in [1.29, 1.82) is 0 Å². The van der Waals surface area contributed by atoms with Crippen molar-refractivity contribution in [3.8, 4) is 0 Å². The first kappa shape index (κ1) is 24.3. The second-order valence-electron chi connectivity index (χ2n) is 8.32. The average molecular weight is 393 g/mol. The summed E-state index contributed by atoms with van der Waals surface area (Å²) in [6.07, 6.45) is 11.9. The molecule has 0 heterocycles. The highest BCUT2D eigenvalue weighted by Gasteiger charge is 2.32. The van der Waals surface area contributed by atoms with Gasteiger partial charge in [0.2, 0.25) is 0 Å². The highest BCUT2D eigenvalue weighted by molar-refractivity contribution is 5.89. The van der Waals surface area contributed by atoms with Crippen LogP contribution in [0.3, 0.4) is 0 Å². The number of hydrogen-bond acceptors (Lipinski definition) is 5. The van der Waals surface area contributed by atoms with Gasteiger partial charge in [0.1, 0.15) is 12.1 Å². The lowest BCUT2D eigenvalue weighted by atomic mass is 9.86. The predicted molar refractivity (Wildman–Crippen MR) is 110 cm³/mol. The zero-order valence-electron chi connectivity index (χ0n) is 17.9. The Balaban J connectivity index is 2.47. The lowest BCUT2D eigenvalue weighted by molar-refractivity contribution is -0.135. The number of ketones is 1. The monoisotopic (exact) mass is 392 g/mol. The van der Waals surface area contributed by atoms with E-state index in [1.54, 1.807) is 0 Å². The third-order valence-electron chi connectivity index (χ3n) is 5.29. The first-order chi connectivity index (χ1) is 13.3. The minimum Gasteiger partial charge on any atom is -0.466 e. The first-order valence-electron chi connectivity index (χ1n) is 10.3. The van der Waals surface area contributed by atoms with Gasteiger partial charge in [-0.05, 0) is 55.9 Å². The number of esters is 1. The van der Waals surface area contributed by atoms with Gasteiger partial charge in [0, 0.05) is 25.0 Å². The zero-order chi connectivity index (χ0) is 21.0. The summed E-state index contributed by atoms with van der Waals surface area (Å²) in [6, 6.07) is 0. The Morgan fingerprint density at radius 2 is 2.04 bits per heavy atom. The highest BCUT2D eigenvalue weighted by Crippen LogP contribution is 2.34. The standard InChI is InChI=1S/C23H36O5/c1-5-28-17-23(2,3)14-8-10-19-12-13-21(25)20(19)11-7-6-9-18(16-24)15-22(26)27-4/h8,10,15-16,19-20H,5-7,9,11-14,17H2,1-4H3/t19-,20+/m0/s1. The van der Waals surface area contributed by atoms with Crippen LogP contribution in [-0.4, -0.2) is 38.4 Å². The molecule has 0 radical (unpaired) electrons. The molecule has 1 rings (SSSR count). The number of allylic oxidation sites excluding steroid dienone is 3. The topological polar surface area (TPSA) is 69.7 Å². The third-order valence-corrected chi connectivity index (χ3v) is 5.29. The van der Waals surface area contributed by atoms with Crippen molar-refractivity contribution in [3.05, 3.63) is 23.8 Å². The summed E-state index contributed by atoms with van der Waals surface area (Å²) in [5.74, 6) is 0.233. The molecule has 0 aromatic carbocycles. The molecule has 5 heteroatoms. The van der Waals surface area contributed by atoms with E-state index < -0.39 is 5.97 Å². The number of methoxy groups -OCH3 is 1. The Morgan fingerprint density at radius 1 is 1.29 bits per heavy atom. The van der Waals surface area contributed by atoms with Gasteiger partial charge in [-0.2, -0.15) is 0 Å². The van der Waals surface area contributed by atoms with E-state index in [1.807, 2.05) is 6.92 Å². The Morgan fingerprint density at radius 3 is 2.68 bits per heavy atom. The fourth-order valence-electron chi connectivity index (χ4n) is 3.61. The number of hydrogen-bond donors (Lipinski definition) is 0. The summed E-state index contributed by atoms with van der Waals surface area (Å²) in [5.41, 5.74) is 0.541. The zero-order valence-corrected chi connectivity index (χ0v) is 17.9. The van der Waals surface area contributed by atoms with E-state index in [0.29, 0.717) is 36.4 Å². The largest absolute Gasteiger partial charge is 0.466 e. The number of carbonyl (C=O) groups is 3. The third kappa shape index (κ3) is 8.96. The molecule has 0 unspecified atom stereocenters. The molecule has 1 fully saturated rings. The number of rotatable bonds is 13.